The van der Waals surface area contributed by atoms with Crippen molar-refractivity contribution in [2.24, 2.45) is 0 Å². The number of benzene rings is 2. The van der Waals surface area contributed by atoms with E-state index < -0.39 is 0 Å². The molecule has 0 radical (unpaired) electrons. The molecule has 14 heavy (non-hydrogen) atoms. The smallest absolute Gasteiger partial charge is 0.0616 e. The Morgan fingerprint density at radius 3 is 2.57 bits per heavy atom. The molecule has 0 amide bonds. The first kappa shape index (κ1) is 7.89. The van der Waals surface area contributed by atoms with Crippen molar-refractivity contribution in [2.75, 3.05) is 0 Å². The van der Waals surface area contributed by atoms with Crippen LogP contribution in [0.2, 0.25) is 0 Å². The summed E-state index contributed by atoms with van der Waals surface area (Å²) in [6.45, 7) is 0. The summed E-state index contributed by atoms with van der Waals surface area (Å²) in [5, 5.41) is 6.15. The molecule has 0 aliphatic carbocycles. The van der Waals surface area contributed by atoms with Crippen LogP contribution in [0.1, 0.15) is 0 Å². The average Bonchev–Trinajstić information content (AvgIpc) is 2.29. The summed E-state index contributed by atoms with van der Waals surface area (Å²) in [4.78, 5) is 0. The van der Waals surface area contributed by atoms with Gasteiger partial charge in [-0.25, -0.2) is 0 Å². The molecule has 1 heteroatoms. The molecule has 0 nitrogen and oxygen atoms in total. The molecule has 0 saturated carbocycles. The summed E-state index contributed by atoms with van der Waals surface area (Å²) in [7, 11) is 0. The van der Waals surface area contributed by atoms with E-state index in [1.165, 1.54) is 20.9 Å². The van der Waals surface area contributed by atoms with Crippen molar-refractivity contribution in [2.45, 2.75) is 0 Å². The van der Waals surface area contributed by atoms with Crippen LogP contribution in [0.5, 0.6) is 0 Å². The average molecular weight is 197 g/mol. The first-order valence-electron chi connectivity index (χ1n) is 4.63. The fraction of sp³-hybridized carbons (Fsp3) is 0. The summed E-state index contributed by atoms with van der Waals surface area (Å²) < 4.78 is 1.35. The largest absolute Gasteiger partial charge is 0.238 e. The van der Waals surface area contributed by atoms with E-state index in [1.807, 2.05) is 0 Å². The van der Waals surface area contributed by atoms with Crippen LogP contribution in [0.3, 0.4) is 0 Å². The van der Waals surface area contributed by atoms with Gasteiger partial charge in [0.15, 0.2) is 5.38 Å². The highest BCUT2D eigenvalue weighted by Gasteiger charge is 2.05. The van der Waals surface area contributed by atoms with Crippen LogP contribution in [-0.2, 0) is 0 Å². The van der Waals surface area contributed by atoms with E-state index in [-0.39, 0.29) is 0 Å². The van der Waals surface area contributed by atoms with E-state index in [2.05, 4.69) is 53.9 Å². The molecular formula is C13H9S+. The Kier molecular flexibility index (Phi) is 1.71. The molecule has 1 heterocycles. The highest BCUT2D eigenvalue weighted by molar-refractivity contribution is 7.16. The lowest BCUT2D eigenvalue weighted by atomic mass is 10.1. The summed E-state index contributed by atoms with van der Waals surface area (Å²) in [5.41, 5.74) is 0. The summed E-state index contributed by atoms with van der Waals surface area (Å²) in [6, 6.07) is 17.2. The molecule has 0 aliphatic heterocycles. The van der Waals surface area contributed by atoms with Gasteiger partial charge in [-0.1, -0.05) is 24.3 Å². The first-order valence-corrected chi connectivity index (χ1v) is 5.51. The van der Waals surface area contributed by atoms with E-state index in [1.54, 1.807) is 11.3 Å². The minimum atomic E-state index is 1.32. The molecule has 0 fully saturated rings. The Bertz CT molecular complexity index is 544. The van der Waals surface area contributed by atoms with Crippen molar-refractivity contribution in [3.63, 3.8) is 0 Å². The van der Waals surface area contributed by atoms with Gasteiger partial charge < -0.3 is 0 Å². The van der Waals surface area contributed by atoms with Crippen LogP contribution >= 0.6 is 11.3 Å². The Labute approximate surface area is 86.4 Å². The zero-order chi connectivity index (χ0) is 9.38. The van der Waals surface area contributed by atoms with Crippen molar-refractivity contribution in [3.05, 3.63) is 53.9 Å². The predicted molar refractivity (Wildman–Crippen MR) is 63.7 cm³/mol. The van der Waals surface area contributed by atoms with Crippen molar-refractivity contribution in [3.8, 4) is 0 Å². The van der Waals surface area contributed by atoms with E-state index >= 15 is 0 Å². The lowest BCUT2D eigenvalue weighted by Gasteiger charge is -1.96. The van der Waals surface area contributed by atoms with Crippen LogP contribution in [0.15, 0.2) is 53.9 Å². The maximum Gasteiger partial charge on any atom is 0.238 e. The van der Waals surface area contributed by atoms with Gasteiger partial charge in [0.1, 0.15) is 0 Å². The Balaban J connectivity index is 2.61. The second kappa shape index (κ2) is 3.03. The minimum absolute atomic E-state index is 1.32. The molecule has 0 aliphatic rings. The molecule has 0 spiro atoms. The molecule has 1 aromatic heterocycles. The van der Waals surface area contributed by atoms with Gasteiger partial charge in [-0.05, 0) is 29.0 Å². The Morgan fingerprint density at radius 2 is 1.57 bits per heavy atom. The summed E-state index contributed by atoms with van der Waals surface area (Å²) in [5.74, 6) is 0. The quantitative estimate of drug-likeness (QED) is 0.371. The van der Waals surface area contributed by atoms with Gasteiger partial charge in [0.05, 0.1) is 0 Å². The highest BCUT2D eigenvalue weighted by atomic mass is 32.1. The van der Waals surface area contributed by atoms with Gasteiger partial charge in [0, 0.05) is 11.5 Å². The SMILES string of the molecule is c1ccc2c(c1)ccc1[s+]cccc12. The Morgan fingerprint density at radius 1 is 0.714 bits per heavy atom. The third-order valence-corrected chi connectivity index (χ3v) is 3.37. The van der Waals surface area contributed by atoms with Crippen LogP contribution in [0.4, 0.5) is 0 Å². The van der Waals surface area contributed by atoms with Crippen molar-refractivity contribution in [1.82, 2.24) is 0 Å². The maximum atomic E-state index is 2.20. The molecule has 3 rings (SSSR count). The molecular weight excluding hydrogens is 188 g/mol. The molecule has 0 unspecified atom stereocenters. The van der Waals surface area contributed by atoms with Crippen molar-refractivity contribution < 1.29 is 0 Å². The zero-order valence-electron chi connectivity index (χ0n) is 7.60. The van der Waals surface area contributed by atoms with E-state index in [0.29, 0.717) is 0 Å². The topological polar surface area (TPSA) is 0 Å². The fourth-order valence-corrected chi connectivity index (χ4v) is 2.55. The first-order chi connectivity index (χ1) is 6.95. The number of fused-ring (bicyclic) bond motifs is 3. The van der Waals surface area contributed by atoms with Gasteiger partial charge in [0.25, 0.3) is 0 Å². The maximum absolute atomic E-state index is 2.20. The van der Waals surface area contributed by atoms with Crippen LogP contribution in [0.25, 0.3) is 20.9 Å². The highest BCUT2D eigenvalue weighted by Crippen LogP contribution is 2.26. The summed E-state index contributed by atoms with van der Waals surface area (Å²) in [6.07, 6.45) is 0. The van der Waals surface area contributed by atoms with Gasteiger partial charge in [-0.3, -0.25) is 0 Å². The number of hydrogen-bond acceptors (Lipinski definition) is 0. The minimum Gasteiger partial charge on any atom is -0.0616 e. The van der Waals surface area contributed by atoms with Gasteiger partial charge in [-0.15, -0.1) is 0 Å². The summed E-state index contributed by atoms with van der Waals surface area (Å²) >= 11 is 1.79. The fourth-order valence-electron chi connectivity index (χ4n) is 1.80. The standard InChI is InChI=1S/C13H9S/c1-2-5-11-10(4-1)7-8-13-12(11)6-3-9-14-13/h1-9H/q+1. The van der Waals surface area contributed by atoms with Crippen LogP contribution in [-0.4, -0.2) is 0 Å². The van der Waals surface area contributed by atoms with E-state index in [4.69, 9.17) is 0 Å². The molecule has 0 saturated heterocycles. The molecule has 0 bridgehead atoms. The van der Waals surface area contributed by atoms with Crippen molar-refractivity contribution in [1.29, 1.82) is 0 Å². The third-order valence-electron chi connectivity index (χ3n) is 2.47. The van der Waals surface area contributed by atoms with Crippen molar-refractivity contribution >= 4 is 32.2 Å². The molecule has 3 aromatic rings. The molecule has 0 N–H and O–H groups in total. The number of rotatable bonds is 0. The van der Waals surface area contributed by atoms with Gasteiger partial charge in [0.2, 0.25) is 16.0 Å². The van der Waals surface area contributed by atoms with E-state index in [0.717, 1.165) is 0 Å². The normalized spacial score (nSPS) is 10.9. The van der Waals surface area contributed by atoms with Crippen LogP contribution < -0.4 is 0 Å². The van der Waals surface area contributed by atoms with Gasteiger partial charge >= 0.3 is 0 Å². The lowest BCUT2D eigenvalue weighted by molar-refractivity contribution is 1.81. The molecule has 2 aromatic carbocycles. The molecule has 0 atom stereocenters. The second-order valence-corrected chi connectivity index (χ2v) is 4.26. The van der Waals surface area contributed by atoms with Gasteiger partial charge in [-0.2, -0.15) is 0 Å². The Hall–Kier alpha value is -1.47. The molecule has 66 valence electrons. The zero-order valence-corrected chi connectivity index (χ0v) is 8.42. The second-order valence-electron chi connectivity index (χ2n) is 3.31. The van der Waals surface area contributed by atoms with E-state index in [9.17, 15) is 0 Å². The number of hydrogen-bond donors (Lipinski definition) is 0. The third kappa shape index (κ3) is 1.10. The lowest BCUT2D eigenvalue weighted by Crippen LogP contribution is -1.73. The van der Waals surface area contributed by atoms with Crippen LogP contribution in [0, 0.1) is 0 Å². The monoisotopic (exact) mass is 197 g/mol. The predicted octanol–water partition coefficient (Wildman–Crippen LogP) is 4.34.